The second-order valence-corrected chi connectivity index (χ2v) is 9.04. The minimum absolute atomic E-state index is 0.196. The van der Waals surface area contributed by atoms with Gasteiger partial charge in [0.1, 0.15) is 14.8 Å². The van der Waals surface area contributed by atoms with Gasteiger partial charge in [-0.05, 0) is 29.8 Å². The number of rotatable bonds is 5. The van der Waals surface area contributed by atoms with Gasteiger partial charge < -0.3 is 10.6 Å². The van der Waals surface area contributed by atoms with Gasteiger partial charge in [0.15, 0.2) is 0 Å². The molecule has 136 valence electrons. The van der Waals surface area contributed by atoms with Gasteiger partial charge in [0, 0.05) is 9.79 Å². The van der Waals surface area contributed by atoms with Crippen molar-refractivity contribution in [2.24, 2.45) is 0 Å². The van der Waals surface area contributed by atoms with Crippen LogP contribution in [0.2, 0.25) is 0 Å². The maximum absolute atomic E-state index is 5.56. The quantitative estimate of drug-likeness (QED) is 0.294. The summed E-state index contributed by atoms with van der Waals surface area (Å²) >= 11 is 14.2. The molecule has 2 nitrogen and oxygen atoms in total. The Morgan fingerprint density at radius 1 is 0.593 bits per heavy atom. The summed E-state index contributed by atoms with van der Waals surface area (Å²) in [6, 6.07) is 30.3. The van der Waals surface area contributed by atoms with E-state index in [-0.39, 0.29) is 6.17 Å². The Kier molecular flexibility index (Phi) is 7.71. The van der Waals surface area contributed by atoms with Crippen molar-refractivity contribution in [2.75, 3.05) is 0 Å². The highest BCUT2D eigenvalue weighted by molar-refractivity contribution is 8.23. The highest BCUT2D eigenvalue weighted by atomic mass is 32.2. The summed E-state index contributed by atoms with van der Waals surface area (Å²) in [6.45, 7) is 0. The van der Waals surface area contributed by atoms with Gasteiger partial charge in [-0.3, -0.25) is 0 Å². The van der Waals surface area contributed by atoms with E-state index in [2.05, 4.69) is 22.8 Å². The Morgan fingerprint density at radius 2 is 0.963 bits per heavy atom. The summed E-state index contributed by atoms with van der Waals surface area (Å²) in [5.41, 5.74) is 1.07. The maximum Gasteiger partial charge on any atom is 0.140 e. The summed E-state index contributed by atoms with van der Waals surface area (Å²) in [6.07, 6.45) is -0.196. The van der Waals surface area contributed by atoms with Crippen LogP contribution in [0.5, 0.6) is 0 Å². The van der Waals surface area contributed by atoms with Crippen molar-refractivity contribution in [1.82, 2.24) is 10.6 Å². The normalized spacial score (nSPS) is 10.4. The Hall–Kier alpha value is -1.86. The average Bonchev–Trinajstić information content (AvgIpc) is 2.69. The lowest BCUT2D eigenvalue weighted by Crippen LogP contribution is -2.37. The Bertz CT molecular complexity index is 815. The molecule has 0 heterocycles. The van der Waals surface area contributed by atoms with Crippen molar-refractivity contribution >= 4 is 56.6 Å². The molecule has 0 saturated carbocycles. The van der Waals surface area contributed by atoms with Crippen LogP contribution in [0.25, 0.3) is 0 Å². The number of nitrogens with one attached hydrogen (secondary N) is 2. The van der Waals surface area contributed by atoms with Gasteiger partial charge in [0.05, 0.1) is 0 Å². The average molecular weight is 427 g/mol. The van der Waals surface area contributed by atoms with Gasteiger partial charge >= 0.3 is 0 Å². The first-order valence-corrected chi connectivity index (χ1v) is 10.8. The van der Waals surface area contributed by atoms with Gasteiger partial charge in [0.25, 0.3) is 0 Å². The summed E-state index contributed by atoms with van der Waals surface area (Å²) in [5, 5.41) is 6.76. The predicted molar refractivity (Wildman–Crippen MR) is 125 cm³/mol. The Morgan fingerprint density at radius 3 is 1.37 bits per heavy atom. The Labute approximate surface area is 179 Å². The van der Waals surface area contributed by atoms with Crippen molar-refractivity contribution in [3.05, 3.63) is 96.6 Å². The standard InChI is InChI=1S/C21H18N2S4/c24-20(26-17-12-6-2-7-13-17)22-19(16-10-4-1-5-11-16)23-21(25)27-18-14-8-3-9-15-18/h1-15,19H,(H,22,24)(H,23,25). The van der Waals surface area contributed by atoms with E-state index in [1.54, 1.807) is 0 Å². The molecule has 0 bridgehead atoms. The first kappa shape index (κ1) is 19.9. The van der Waals surface area contributed by atoms with Crippen molar-refractivity contribution < 1.29 is 0 Å². The lowest BCUT2D eigenvalue weighted by Gasteiger charge is -2.23. The zero-order chi connectivity index (χ0) is 18.9. The van der Waals surface area contributed by atoms with Crippen LogP contribution in [0.4, 0.5) is 0 Å². The molecular weight excluding hydrogens is 409 g/mol. The third-order valence-corrected chi connectivity index (χ3v) is 5.92. The van der Waals surface area contributed by atoms with E-state index in [9.17, 15) is 0 Å². The molecule has 0 saturated heterocycles. The molecule has 3 aromatic rings. The molecule has 0 spiro atoms. The van der Waals surface area contributed by atoms with Crippen LogP contribution >= 0.6 is 48.0 Å². The predicted octanol–water partition coefficient (Wildman–Crippen LogP) is 6.02. The van der Waals surface area contributed by atoms with Gasteiger partial charge in [-0.15, -0.1) is 0 Å². The highest BCUT2D eigenvalue weighted by Crippen LogP contribution is 2.23. The third-order valence-electron chi connectivity index (χ3n) is 3.56. The fourth-order valence-corrected chi connectivity index (χ4v) is 4.52. The first-order chi connectivity index (χ1) is 13.2. The number of thioether (sulfide) groups is 2. The zero-order valence-corrected chi connectivity index (χ0v) is 17.6. The van der Waals surface area contributed by atoms with Crippen LogP contribution in [0.1, 0.15) is 11.7 Å². The second-order valence-electron chi connectivity index (χ2n) is 5.54. The van der Waals surface area contributed by atoms with E-state index in [0.717, 1.165) is 15.4 Å². The van der Waals surface area contributed by atoms with E-state index in [1.165, 1.54) is 23.5 Å². The molecule has 6 heteroatoms. The lowest BCUT2D eigenvalue weighted by molar-refractivity contribution is 0.625. The summed E-state index contributed by atoms with van der Waals surface area (Å²) < 4.78 is 1.38. The number of benzene rings is 3. The molecular formula is C21H18N2S4. The second kappa shape index (κ2) is 10.5. The van der Waals surface area contributed by atoms with Crippen LogP contribution in [0.15, 0.2) is 101 Å². The SMILES string of the molecule is S=C(NC(NC(=S)Sc1ccccc1)c1ccccc1)Sc1ccccc1. The molecule has 0 aromatic heterocycles. The summed E-state index contributed by atoms with van der Waals surface area (Å²) in [5.74, 6) is 0. The van der Waals surface area contributed by atoms with Crippen molar-refractivity contribution in [3.63, 3.8) is 0 Å². The van der Waals surface area contributed by atoms with Crippen LogP contribution < -0.4 is 10.6 Å². The monoisotopic (exact) mass is 426 g/mol. The zero-order valence-electron chi connectivity index (χ0n) is 14.4. The molecule has 0 atom stereocenters. The molecule has 0 fully saturated rings. The molecule has 0 aliphatic carbocycles. The number of hydrogen-bond acceptors (Lipinski definition) is 4. The fourth-order valence-electron chi connectivity index (χ4n) is 2.33. The molecule has 0 radical (unpaired) electrons. The molecule has 0 aliphatic heterocycles. The minimum Gasteiger partial charge on any atom is -0.347 e. The number of hydrogen-bond donors (Lipinski definition) is 2. The fraction of sp³-hybridized carbons (Fsp3) is 0.0476. The largest absolute Gasteiger partial charge is 0.347 e. The molecule has 3 aromatic carbocycles. The van der Waals surface area contributed by atoms with Crippen molar-refractivity contribution in [2.45, 2.75) is 16.0 Å². The van der Waals surface area contributed by atoms with Crippen LogP contribution in [0.3, 0.4) is 0 Å². The van der Waals surface area contributed by atoms with Gasteiger partial charge in [-0.1, -0.05) is 115 Å². The topological polar surface area (TPSA) is 24.1 Å². The van der Waals surface area contributed by atoms with Gasteiger partial charge in [0.2, 0.25) is 0 Å². The smallest absolute Gasteiger partial charge is 0.140 e. The molecule has 0 unspecified atom stereocenters. The molecule has 2 N–H and O–H groups in total. The molecule has 0 amide bonds. The first-order valence-electron chi connectivity index (χ1n) is 8.32. The molecule has 3 rings (SSSR count). The molecule has 0 aliphatic rings. The van der Waals surface area contributed by atoms with Gasteiger partial charge in [-0.25, -0.2) is 0 Å². The highest BCUT2D eigenvalue weighted by Gasteiger charge is 2.15. The van der Waals surface area contributed by atoms with E-state index in [4.69, 9.17) is 24.4 Å². The number of thiocarbonyl (C=S) groups is 2. The van der Waals surface area contributed by atoms with Crippen LogP contribution in [-0.2, 0) is 0 Å². The minimum atomic E-state index is -0.196. The van der Waals surface area contributed by atoms with Crippen LogP contribution in [-0.4, -0.2) is 8.64 Å². The lowest BCUT2D eigenvalue weighted by atomic mass is 10.2. The van der Waals surface area contributed by atoms with E-state index >= 15 is 0 Å². The van der Waals surface area contributed by atoms with E-state index < -0.39 is 0 Å². The van der Waals surface area contributed by atoms with Gasteiger partial charge in [-0.2, -0.15) is 0 Å². The third kappa shape index (κ3) is 6.66. The van der Waals surface area contributed by atoms with Crippen molar-refractivity contribution in [1.29, 1.82) is 0 Å². The summed E-state index contributed by atoms with van der Waals surface area (Å²) in [7, 11) is 0. The van der Waals surface area contributed by atoms with E-state index in [0.29, 0.717) is 8.64 Å². The molecule has 27 heavy (non-hydrogen) atoms. The van der Waals surface area contributed by atoms with Crippen molar-refractivity contribution in [3.8, 4) is 0 Å². The maximum atomic E-state index is 5.56. The summed E-state index contributed by atoms with van der Waals surface area (Å²) in [4.78, 5) is 2.20. The Balaban J connectivity index is 1.67. The van der Waals surface area contributed by atoms with E-state index in [1.807, 2.05) is 78.9 Å². The van der Waals surface area contributed by atoms with Crippen LogP contribution in [0, 0.1) is 0 Å².